The highest BCUT2D eigenvalue weighted by Gasteiger charge is 2.28. The minimum atomic E-state index is 0.259. The van der Waals surface area contributed by atoms with Crippen LogP contribution in [0, 0.1) is 0 Å². The standard InChI is InChI=1S/C19H32N6O2/c20-19-21-17(15-3-12-27-14-15)13-18(22-19)25-4-1-16(2-5-25)24-8-6-23(7-9-24)10-11-26/h13,15-16,26H,1-12,14H2,(H2,20,21,22)/t15-/m1/s1. The molecular weight excluding hydrogens is 344 g/mol. The van der Waals surface area contributed by atoms with Crippen molar-refractivity contribution >= 4 is 11.8 Å². The summed E-state index contributed by atoms with van der Waals surface area (Å²) in [6, 6.07) is 2.77. The summed E-state index contributed by atoms with van der Waals surface area (Å²) in [5.74, 6) is 1.69. The monoisotopic (exact) mass is 376 g/mol. The Bertz CT molecular complexity index is 608. The molecule has 0 amide bonds. The van der Waals surface area contributed by atoms with E-state index < -0.39 is 0 Å². The molecule has 1 aromatic rings. The lowest BCUT2D eigenvalue weighted by atomic mass is 10.0. The maximum Gasteiger partial charge on any atom is 0.222 e. The summed E-state index contributed by atoms with van der Waals surface area (Å²) < 4.78 is 5.50. The maximum atomic E-state index is 9.09. The van der Waals surface area contributed by atoms with Gasteiger partial charge in [0.05, 0.1) is 18.9 Å². The van der Waals surface area contributed by atoms with E-state index in [1.165, 1.54) is 0 Å². The number of aromatic nitrogens is 2. The number of hydrogen-bond acceptors (Lipinski definition) is 8. The average molecular weight is 377 g/mol. The highest BCUT2D eigenvalue weighted by molar-refractivity contribution is 5.45. The molecule has 8 heteroatoms. The van der Waals surface area contributed by atoms with Gasteiger partial charge in [-0.05, 0) is 19.3 Å². The molecule has 3 fully saturated rings. The van der Waals surface area contributed by atoms with Gasteiger partial charge in [-0.2, -0.15) is 4.98 Å². The van der Waals surface area contributed by atoms with Crippen LogP contribution in [0.3, 0.4) is 0 Å². The van der Waals surface area contributed by atoms with Gasteiger partial charge in [0.1, 0.15) is 5.82 Å². The van der Waals surface area contributed by atoms with Crippen molar-refractivity contribution in [2.45, 2.75) is 31.2 Å². The molecule has 3 aliphatic rings. The zero-order valence-electron chi connectivity index (χ0n) is 16.1. The lowest BCUT2D eigenvalue weighted by Gasteiger charge is -2.43. The fourth-order valence-electron chi connectivity index (χ4n) is 4.56. The zero-order valence-corrected chi connectivity index (χ0v) is 16.1. The summed E-state index contributed by atoms with van der Waals surface area (Å²) in [5.41, 5.74) is 7.02. The van der Waals surface area contributed by atoms with Gasteiger partial charge >= 0.3 is 0 Å². The van der Waals surface area contributed by atoms with Gasteiger partial charge in [0.2, 0.25) is 5.95 Å². The lowest BCUT2D eigenvalue weighted by molar-refractivity contribution is 0.0746. The lowest BCUT2D eigenvalue weighted by Crippen LogP contribution is -2.53. The Labute approximate surface area is 161 Å². The van der Waals surface area contributed by atoms with Gasteiger partial charge in [0.25, 0.3) is 0 Å². The molecule has 4 rings (SSSR count). The minimum Gasteiger partial charge on any atom is -0.395 e. The van der Waals surface area contributed by atoms with E-state index in [1.54, 1.807) is 0 Å². The topological polar surface area (TPSA) is 91.0 Å². The molecule has 4 heterocycles. The first-order chi connectivity index (χ1) is 13.2. The molecule has 0 bridgehead atoms. The summed E-state index contributed by atoms with van der Waals surface area (Å²) in [6.07, 6.45) is 3.33. The average Bonchev–Trinajstić information content (AvgIpc) is 3.24. The van der Waals surface area contributed by atoms with E-state index in [-0.39, 0.29) is 6.61 Å². The van der Waals surface area contributed by atoms with Crippen LogP contribution in [-0.4, -0.2) is 96.6 Å². The van der Waals surface area contributed by atoms with Gasteiger partial charge < -0.3 is 20.5 Å². The SMILES string of the molecule is Nc1nc([C@@H]2CCOC2)cc(N2CCC(N3CCN(CCO)CC3)CC2)n1. The second-order valence-corrected chi connectivity index (χ2v) is 7.89. The van der Waals surface area contributed by atoms with Crippen molar-refractivity contribution in [3.05, 3.63) is 11.8 Å². The minimum absolute atomic E-state index is 0.259. The van der Waals surface area contributed by atoms with Crippen LogP contribution in [0.1, 0.15) is 30.9 Å². The van der Waals surface area contributed by atoms with Crippen LogP contribution in [0.2, 0.25) is 0 Å². The van der Waals surface area contributed by atoms with Gasteiger partial charge in [-0.1, -0.05) is 0 Å². The Morgan fingerprint density at radius 1 is 1.07 bits per heavy atom. The largest absolute Gasteiger partial charge is 0.395 e. The van der Waals surface area contributed by atoms with Crippen molar-refractivity contribution in [2.24, 2.45) is 0 Å². The van der Waals surface area contributed by atoms with Gasteiger partial charge in [0.15, 0.2) is 0 Å². The molecule has 1 atom stereocenters. The number of nitrogens with two attached hydrogens (primary N) is 1. The number of β-amino-alcohol motifs (C(OH)–C–C–N with tert-alkyl or cyclic N) is 1. The number of aliphatic hydroxyl groups excluding tert-OH is 1. The summed E-state index contributed by atoms with van der Waals surface area (Å²) in [4.78, 5) is 16.3. The number of rotatable bonds is 5. The predicted octanol–water partition coefficient (Wildman–Crippen LogP) is 0.141. The first-order valence-corrected chi connectivity index (χ1v) is 10.3. The van der Waals surface area contributed by atoms with Crippen molar-refractivity contribution in [2.75, 3.05) is 76.3 Å². The second kappa shape index (κ2) is 8.68. The Morgan fingerprint density at radius 3 is 2.52 bits per heavy atom. The Morgan fingerprint density at radius 2 is 1.85 bits per heavy atom. The van der Waals surface area contributed by atoms with Gasteiger partial charge in [0, 0.05) is 70.4 Å². The van der Waals surface area contributed by atoms with Crippen LogP contribution in [0.25, 0.3) is 0 Å². The molecule has 27 heavy (non-hydrogen) atoms. The molecule has 0 aromatic carbocycles. The third-order valence-corrected chi connectivity index (χ3v) is 6.23. The number of aliphatic hydroxyl groups is 1. The van der Waals surface area contributed by atoms with Crippen molar-refractivity contribution in [1.29, 1.82) is 0 Å². The zero-order chi connectivity index (χ0) is 18.6. The number of nitrogens with zero attached hydrogens (tertiary/aromatic N) is 5. The molecule has 1 aromatic heterocycles. The summed E-state index contributed by atoms with van der Waals surface area (Å²) >= 11 is 0. The van der Waals surface area contributed by atoms with E-state index in [0.717, 1.165) is 89.8 Å². The van der Waals surface area contributed by atoms with Crippen molar-refractivity contribution in [1.82, 2.24) is 19.8 Å². The smallest absolute Gasteiger partial charge is 0.222 e. The van der Waals surface area contributed by atoms with E-state index in [9.17, 15) is 0 Å². The van der Waals surface area contributed by atoms with Gasteiger partial charge in [-0.15, -0.1) is 0 Å². The fourth-order valence-corrected chi connectivity index (χ4v) is 4.56. The normalized spacial score (nSPS) is 26.0. The summed E-state index contributed by atoms with van der Waals surface area (Å²) in [5, 5.41) is 9.09. The number of anilines is 2. The Kier molecular flexibility index (Phi) is 6.07. The maximum absolute atomic E-state index is 9.09. The Hall–Kier alpha value is -1.48. The van der Waals surface area contributed by atoms with Gasteiger partial charge in [-0.25, -0.2) is 4.98 Å². The molecule has 150 valence electrons. The van der Waals surface area contributed by atoms with Crippen LogP contribution in [0.4, 0.5) is 11.8 Å². The van der Waals surface area contributed by atoms with Crippen LogP contribution < -0.4 is 10.6 Å². The van der Waals surface area contributed by atoms with Crippen molar-refractivity contribution in [3.8, 4) is 0 Å². The van der Waals surface area contributed by atoms with Gasteiger partial charge in [-0.3, -0.25) is 9.80 Å². The number of piperidine rings is 1. The predicted molar refractivity (Wildman–Crippen MR) is 105 cm³/mol. The van der Waals surface area contributed by atoms with E-state index in [0.29, 0.717) is 17.9 Å². The molecule has 0 radical (unpaired) electrons. The first-order valence-electron chi connectivity index (χ1n) is 10.3. The number of hydrogen-bond donors (Lipinski definition) is 2. The molecule has 0 aliphatic carbocycles. The molecular formula is C19H32N6O2. The molecule has 0 unspecified atom stereocenters. The highest BCUT2D eigenvalue weighted by atomic mass is 16.5. The van der Waals surface area contributed by atoms with Crippen LogP contribution in [0.5, 0.6) is 0 Å². The van der Waals surface area contributed by atoms with Crippen LogP contribution in [0.15, 0.2) is 6.07 Å². The van der Waals surface area contributed by atoms with E-state index in [1.807, 2.05) is 0 Å². The van der Waals surface area contributed by atoms with Crippen molar-refractivity contribution < 1.29 is 9.84 Å². The molecule has 3 N–H and O–H groups in total. The van der Waals surface area contributed by atoms with Crippen molar-refractivity contribution in [3.63, 3.8) is 0 Å². The Balaban J connectivity index is 1.33. The third kappa shape index (κ3) is 4.51. The molecule has 0 spiro atoms. The van der Waals surface area contributed by atoms with E-state index in [4.69, 9.17) is 15.6 Å². The summed E-state index contributed by atoms with van der Waals surface area (Å²) in [7, 11) is 0. The number of piperazine rings is 1. The number of ether oxygens (including phenoxy) is 1. The fraction of sp³-hybridized carbons (Fsp3) is 0.789. The molecule has 8 nitrogen and oxygen atoms in total. The van der Waals surface area contributed by atoms with Crippen LogP contribution >= 0.6 is 0 Å². The molecule has 3 saturated heterocycles. The highest BCUT2D eigenvalue weighted by Crippen LogP contribution is 2.28. The third-order valence-electron chi connectivity index (χ3n) is 6.23. The quantitative estimate of drug-likeness (QED) is 0.750. The summed E-state index contributed by atoms with van der Waals surface area (Å²) in [6.45, 7) is 8.98. The second-order valence-electron chi connectivity index (χ2n) is 7.89. The molecule has 3 aliphatic heterocycles. The number of nitrogen functional groups attached to an aromatic ring is 1. The van der Waals surface area contributed by atoms with E-state index in [2.05, 4.69) is 30.7 Å². The van der Waals surface area contributed by atoms with E-state index >= 15 is 0 Å². The molecule has 0 saturated carbocycles. The van der Waals surface area contributed by atoms with Crippen LogP contribution in [-0.2, 0) is 4.74 Å². The first kappa shape index (κ1) is 18.9.